The van der Waals surface area contributed by atoms with E-state index in [2.05, 4.69) is 5.32 Å². The SMILES string of the molecule is O=C(NCC1CCN(C(=O)c2ccoc2)CC1)c1c(F)cccc1F. The number of carbonyl (C=O) groups excluding carboxylic acids is 2. The second-order valence-corrected chi connectivity index (χ2v) is 6.05. The number of rotatable bonds is 4. The molecule has 0 aliphatic carbocycles. The summed E-state index contributed by atoms with van der Waals surface area (Å²) in [6, 6.07) is 4.95. The topological polar surface area (TPSA) is 62.6 Å². The summed E-state index contributed by atoms with van der Waals surface area (Å²) in [4.78, 5) is 25.9. The van der Waals surface area contributed by atoms with Crippen LogP contribution in [0.25, 0.3) is 0 Å². The van der Waals surface area contributed by atoms with E-state index in [9.17, 15) is 18.4 Å². The Bertz CT molecular complexity index is 733. The van der Waals surface area contributed by atoms with Crippen LogP contribution in [0.2, 0.25) is 0 Å². The average Bonchev–Trinajstić information content (AvgIpc) is 3.14. The van der Waals surface area contributed by atoms with Crippen molar-refractivity contribution in [3.63, 3.8) is 0 Å². The first-order valence-corrected chi connectivity index (χ1v) is 8.10. The van der Waals surface area contributed by atoms with E-state index >= 15 is 0 Å². The molecule has 25 heavy (non-hydrogen) atoms. The maximum atomic E-state index is 13.6. The van der Waals surface area contributed by atoms with Gasteiger partial charge in [0.15, 0.2) is 0 Å². The number of hydrogen-bond donors (Lipinski definition) is 1. The number of halogens is 2. The van der Waals surface area contributed by atoms with Crippen LogP contribution in [0.3, 0.4) is 0 Å². The molecule has 2 heterocycles. The number of amides is 2. The predicted molar refractivity (Wildman–Crippen MR) is 86.0 cm³/mol. The van der Waals surface area contributed by atoms with Crippen molar-refractivity contribution < 1.29 is 22.8 Å². The van der Waals surface area contributed by atoms with Crippen LogP contribution in [0.15, 0.2) is 41.2 Å². The highest BCUT2D eigenvalue weighted by molar-refractivity contribution is 5.95. The first kappa shape index (κ1) is 17.1. The van der Waals surface area contributed by atoms with E-state index in [1.807, 2.05) is 0 Å². The number of piperidine rings is 1. The predicted octanol–water partition coefficient (Wildman–Crippen LogP) is 2.84. The average molecular weight is 348 g/mol. The third-order valence-electron chi connectivity index (χ3n) is 4.41. The van der Waals surface area contributed by atoms with Gasteiger partial charge in [-0.15, -0.1) is 0 Å². The van der Waals surface area contributed by atoms with Crippen LogP contribution in [0, 0.1) is 17.6 Å². The molecular weight excluding hydrogens is 330 g/mol. The summed E-state index contributed by atoms with van der Waals surface area (Å²) in [7, 11) is 0. The van der Waals surface area contributed by atoms with Crippen LogP contribution >= 0.6 is 0 Å². The standard InChI is InChI=1S/C18H18F2N2O3/c19-14-2-1-3-15(20)16(14)17(23)21-10-12-4-7-22(8-5-12)18(24)13-6-9-25-11-13/h1-3,6,9,11-12H,4-5,7-8,10H2,(H,21,23). The minimum Gasteiger partial charge on any atom is -0.472 e. The van der Waals surface area contributed by atoms with E-state index in [0.29, 0.717) is 38.0 Å². The Morgan fingerprint density at radius 3 is 2.44 bits per heavy atom. The molecule has 1 aliphatic rings. The molecule has 1 aromatic carbocycles. The number of furan rings is 1. The molecule has 0 unspecified atom stereocenters. The van der Waals surface area contributed by atoms with Crippen molar-refractivity contribution in [2.45, 2.75) is 12.8 Å². The molecule has 3 rings (SSSR count). The lowest BCUT2D eigenvalue weighted by Crippen LogP contribution is -2.41. The van der Waals surface area contributed by atoms with Crippen LogP contribution in [-0.4, -0.2) is 36.3 Å². The van der Waals surface area contributed by atoms with Gasteiger partial charge >= 0.3 is 0 Å². The van der Waals surface area contributed by atoms with Crippen molar-refractivity contribution in [3.05, 3.63) is 59.6 Å². The highest BCUT2D eigenvalue weighted by Gasteiger charge is 2.25. The number of likely N-dealkylation sites (tertiary alicyclic amines) is 1. The molecule has 0 bridgehead atoms. The van der Waals surface area contributed by atoms with Gasteiger partial charge in [-0.05, 0) is 37.0 Å². The van der Waals surface area contributed by atoms with Crippen molar-refractivity contribution in [2.75, 3.05) is 19.6 Å². The fourth-order valence-electron chi connectivity index (χ4n) is 2.95. The quantitative estimate of drug-likeness (QED) is 0.924. The Morgan fingerprint density at radius 1 is 1.16 bits per heavy atom. The van der Waals surface area contributed by atoms with Crippen molar-refractivity contribution in [1.82, 2.24) is 10.2 Å². The fourth-order valence-corrected chi connectivity index (χ4v) is 2.95. The zero-order chi connectivity index (χ0) is 17.8. The van der Waals surface area contributed by atoms with Crippen LogP contribution in [0.1, 0.15) is 33.6 Å². The first-order chi connectivity index (χ1) is 12.1. The Balaban J connectivity index is 1.50. The summed E-state index contributed by atoms with van der Waals surface area (Å²) in [5.74, 6) is -2.43. The molecule has 1 aliphatic heterocycles. The molecule has 1 aromatic heterocycles. The first-order valence-electron chi connectivity index (χ1n) is 8.10. The lowest BCUT2D eigenvalue weighted by Gasteiger charge is -2.31. The van der Waals surface area contributed by atoms with Gasteiger partial charge in [-0.3, -0.25) is 9.59 Å². The van der Waals surface area contributed by atoms with Crippen molar-refractivity contribution in [2.24, 2.45) is 5.92 Å². The maximum absolute atomic E-state index is 13.6. The number of nitrogens with zero attached hydrogens (tertiary/aromatic N) is 1. The molecule has 2 amide bonds. The van der Waals surface area contributed by atoms with E-state index in [4.69, 9.17) is 4.42 Å². The number of carbonyl (C=O) groups is 2. The second kappa shape index (κ2) is 7.46. The summed E-state index contributed by atoms with van der Waals surface area (Å²) < 4.78 is 32.1. The van der Waals surface area contributed by atoms with Crippen molar-refractivity contribution >= 4 is 11.8 Å². The lowest BCUT2D eigenvalue weighted by molar-refractivity contribution is 0.0683. The minimum atomic E-state index is -0.877. The van der Waals surface area contributed by atoms with Gasteiger partial charge in [0.2, 0.25) is 0 Å². The molecule has 0 radical (unpaired) electrons. The van der Waals surface area contributed by atoms with E-state index in [0.717, 1.165) is 12.1 Å². The summed E-state index contributed by atoms with van der Waals surface area (Å²) in [6.45, 7) is 1.46. The van der Waals surface area contributed by atoms with E-state index in [1.165, 1.54) is 18.6 Å². The normalized spacial score (nSPS) is 15.2. The molecule has 5 nitrogen and oxygen atoms in total. The van der Waals surface area contributed by atoms with Crippen molar-refractivity contribution in [1.29, 1.82) is 0 Å². The fraction of sp³-hybridized carbons (Fsp3) is 0.333. The summed E-state index contributed by atoms with van der Waals surface area (Å²) in [5.41, 5.74) is -0.0446. The molecular formula is C18H18F2N2O3. The van der Waals surface area contributed by atoms with Gasteiger partial charge in [0.1, 0.15) is 23.5 Å². The van der Waals surface area contributed by atoms with Gasteiger partial charge in [0, 0.05) is 19.6 Å². The Morgan fingerprint density at radius 2 is 1.84 bits per heavy atom. The highest BCUT2D eigenvalue weighted by atomic mass is 19.1. The van der Waals surface area contributed by atoms with Crippen LogP contribution in [-0.2, 0) is 0 Å². The van der Waals surface area contributed by atoms with Gasteiger partial charge in [0.05, 0.1) is 11.8 Å². The summed E-state index contributed by atoms with van der Waals surface area (Å²) in [5, 5.41) is 2.58. The van der Waals surface area contributed by atoms with Crippen LogP contribution in [0.4, 0.5) is 8.78 Å². The molecule has 132 valence electrons. The van der Waals surface area contributed by atoms with Gasteiger partial charge < -0.3 is 14.6 Å². The summed E-state index contributed by atoms with van der Waals surface area (Å²) >= 11 is 0. The summed E-state index contributed by atoms with van der Waals surface area (Å²) in [6.07, 6.45) is 4.29. The van der Waals surface area contributed by atoms with Crippen LogP contribution < -0.4 is 5.32 Å². The highest BCUT2D eigenvalue weighted by Crippen LogP contribution is 2.19. The monoisotopic (exact) mass is 348 g/mol. The van der Waals surface area contributed by atoms with Gasteiger partial charge in [-0.25, -0.2) is 8.78 Å². The lowest BCUT2D eigenvalue weighted by atomic mass is 9.96. The second-order valence-electron chi connectivity index (χ2n) is 6.05. The van der Waals surface area contributed by atoms with E-state index in [-0.39, 0.29) is 11.8 Å². The smallest absolute Gasteiger partial charge is 0.257 e. The third kappa shape index (κ3) is 3.87. The minimum absolute atomic E-state index is 0.0790. The molecule has 7 heteroatoms. The maximum Gasteiger partial charge on any atom is 0.257 e. The Hall–Kier alpha value is -2.70. The number of hydrogen-bond acceptors (Lipinski definition) is 3. The molecule has 1 N–H and O–H groups in total. The zero-order valence-electron chi connectivity index (χ0n) is 13.5. The molecule has 1 saturated heterocycles. The number of benzene rings is 1. The third-order valence-corrected chi connectivity index (χ3v) is 4.41. The van der Waals surface area contributed by atoms with E-state index in [1.54, 1.807) is 11.0 Å². The van der Waals surface area contributed by atoms with Crippen LogP contribution in [0.5, 0.6) is 0 Å². The Kier molecular flexibility index (Phi) is 5.11. The number of nitrogens with one attached hydrogen (secondary N) is 1. The molecule has 2 aromatic rings. The molecule has 0 atom stereocenters. The van der Waals surface area contributed by atoms with E-state index < -0.39 is 23.1 Å². The van der Waals surface area contributed by atoms with Gasteiger partial charge in [-0.1, -0.05) is 6.07 Å². The zero-order valence-corrected chi connectivity index (χ0v) is 13.5. The van der Waals surface area contributed by atoms with Crippen molar-refractivity contribution in [3.8, 4) is 0 Å². The molecule has 0 spiro atoms. The van der Waals surface area contributed by atoms with Gasteiger partial charge in [0.25, 0.3) is 11.8 Å². The van der Waals surface area contributed by atoms with Gasteiger partial charge in [-0.2, -0.15) is 0 Å². The molecule has 1 fully saturated rings. The Labute approximate surface area is 143 Å². The molecule has 0 saturated carbocycles. The largest absolute Gasteiger partial charge is 0.472 e.